The largest absolute Gasteiger partial charge is 0.492 e. The summed E-state index contributed by atoms with van der Waals surface area (Å²) in [7, 11) is 0. The van der Waals surface area contributed by atoms with Gasteiger partial charge in [-0.1, -0.05) is 11.6 Å². The number of nitrogens with one attached hydrogen (secondary N) is 1. The summed E-state index contributed by atoms with van der Waals surface area (Å²) in [6.07, 6.45) is 0. The molecule has 9 heteroatoms. The number of fused-ring (bicyclic) bond motifs is 3. The molecule has 1 saturated heterocycles. The molecule has 156 valence electrons. The van der Waals surface area contributed by atoms with Gasteiger partial charge in [-0.3, -0.25) is 4.79 Å². The summed E-state index contributed by atoms with van der Waals surface area (Å²) in [6.45, 7) is 6.69. The molecular weight excluding hydrogens is 409 g/mol. The van der Waals surface area contributed by atoms with Crippen molar-refractivity contribution >= 4 is 23.2 Å². The fraction of sp³-hybridized carbons (Fsp3) is 0.381. The molecule has 0 spiro atoms. The van der Waals surface area contributed by atoms with Crippen LogP contribution in [0.25, 0.3) is 5.65 Å². The molecule has 30 heavy (non-hydrogen) atoms. The van der Waals surface area contributed by atoms with E-state index in [0.717, 1.165) is 35.7 Å². The van der Waals surface area contributed by atoms with Crippen LogP contribution in [0.4, 0.5) is 4.39 Å². The van der Waals surface area contributed by atoms with E-state index in [9.17, 15) is 9.18 Å². The van der Waals surface area contributed by atoms with Crippen molar-refractivity contribution in [3.63, 3.8) is 0 Å². The van der Waals surface area contributed by atoms with E-state index in [1.807, 2.05) is 13.8 Å². The molecule has 0 bridgehead atoms. The van der Waals surface area contributed by atoms with Gasteiger partial charge in [0.1, 0.15) is 11.6 Å². The summed E-state index contributed by atoms with van der Waals surface area (Å²) in [4.78, 5) is 19.5. The van der Waals surface area contributed by atoms with Crippen LogP contribution in [0.15, 0.2) is 18.2 Å². The third kappa shape index (κ3) is 3.11. The lowest BCUT2D eigenvalue weighted by Crippen LogP contribution is -2.45. The minimum atomic E-state index is -0.428. The van der Waals surface area contributed by atoms with Gasteiger partial charge in [-0.05, 0) is 26.0 Å². The van der Waals surface area contributed by atoms with Crippen molar-refractivity contribution in [2.45, 2.75) is 26.9 Å². The molecule has 2 aliphatic rings. The Morgan fingerprint density at radius 1 is 1.33 bits per heavy atom. The molecule has 0 aliphatic carbocycles. The maximum Gasteiger partial charge on any atom is 0.258 e. The third-order valence-electron chi connectivity index (χ3n) is 5.76. The number of ether oxygens (including phenoxy) is 1. The second-order valence-electron chi connectivity index (χ2n) is 7.89. The minimum absolute atomic E-state index is 0.213. The number of halogens is 2. The van der Waals surface area contributed by atoms with Crippen LogP contribution in [0.1, 0.15) is 33.0 Å². The first-order chi connectivity index (χ1) is 14.4. The first-order valence-corrected chi connectivity index (χ1v) is 10.3. The highest BCUT2D eigenvalue weighted by Gasteiger charge is 2.32. The zero-order chi connectivity index (χ0) is 21.0. The first-order valence-electron chi connectivity index (χ1n) is 9.88. The van der Waals surface area contributed by atoms with Gasteiger partial charge in [0, 0.05) is 30.6 Å². The Morgan fingerprint density at radius 2 is 2.13 bits per heavy atom. The molecule has 1 N–H and O–H groups in total. The molecule has 1 amide bonds. The highest BCUT2D eigenvalue weighted by atomic mass is 35.5. The maximum absolute atomic E-state index is 13.8. The minimum Gasteiger partial charge on any atom is -0.492 e. The van der Waals surface area contributed by atoms with Crippen LogP contribution >= 0.6 is 11.6 Å². The number of rotatable bonds is 4. The van der Waals surface area contributed by atoms with E-state index in [-0.39, 0.29) is 11.7 Å². The van der Waals surface area contributed by atoms with Crippen molar-refractivity contribution in [2.24, 2.45) is 5.92 Å². The molecule has 0 unspecified atom stereocenters. The summed E-state index contributed by atoms with van der Waals surface area (Å²) in [5.74, 6) is 0.0189. The Morgan fingerprint density at radius 3 is 2.87 bits per heavy atom. The quantitative estimate of drug-likeness (QED) is 0.690. The number of nitrogens with zero attached hydrogens (tertiary/aromatic N) is 4. The number of amides is 1. The number of hydrogen-bond donors (Lipinski definition) is 1. The van der Waals surface area contributed by atoms with E-state index >= 15 is 0 Å². The number of aryl methyl sites for hydroxylation is 2. The normalized spacial score (nSPS) is 16.1. The van der Waals surface area contributed by atoms with Gasteiger partial charge in [-0.15, -0.1) is 0 Å². The van der Waals surface area contributed by atoms with Crippen LogP contribution in [-0.2, 0) is 13.1 Å². The van der Waals surface area contributed by atoms with Crippen LogP contribution in [0.3, 0.4) is 0 Å². The van der Waals surface area contributed by atoms with Gasteiger partial charge >= 0.3 is 0 Å². The molecule has 2 aromatic heterocycles. The number of aromatic nitrogens is 3. The molecular formula is C21H21ClFN5O2. The Hall–Kier alpha value is -2.71. The summed E-state index contributed by atoms with van der Waals surface area (Å²) < 4.78 is 21.3. The molecule has 7 nitrogen and oxygen atoms in total. The summed E-state index contributed by atoms with van der Waals surface area (Å²) in [6, 6.07) is 4.05. The predicted molar refractivity (Wildman–Crippen MR) is 109 cm³/mol. The fourth-order valence-electron chi connectivity index (χ4n) is 3.89. The molecule has 5 rings (SSSR count). The smallest absolute Gasteiger partial charge is 0.258 e. The number of benzene rings is 1. The van der Waals surface area contributed by atoms with Crippen LogP contribution in [0.2, 0.25) is 5.02 Å². The number of carbonyl (C=O) groups is 1. The van der Waals surface area contributed by atoms with Crippen LogP contribution in [0.5, 0.6) is 5.75 Å². The Kier molecular flexibility index (Phi) is 4.63. The van der Waals surface area contributed by atoms with Gasteiger partial charge in [0.05, 0.1) is 47.4 Å². The van der Waals surface area contributed by atoms with E-state index in [2.05, 4.69) is 15.4 Å². The fourth-order valence-corrected chi connectivity index (χ4v) is 4.02. The molecule has 0 saturated carbocycles. The van der Waals surface area contributed by atoms with Crippen molar-refractivity contribution in [1.29, 1.82) is 0 Å². The summed E-state index contributed by atoms with van der Waals surface area (Å²) >= 11 is 6.30. The van der Waals surface area contributed by atoms with Crippen molar-refractivity contribution in [1.82, 2.24) is 24.8 Å². The Balaban J connectivity index is 1.42. The average molecular weight is 430 g/mol. The third-order valence-corrected chi connectivity index (χ3v) is 6.30. The standard InChI is InChI=1S/C21H21ClFN5O2/c1-11-19(22)12(2)28-20(25-11)16-8-27(9-17(16)26-28)21(29)15-4-3-14(23)5-18(15)30-10-13-6-24-7-13/h3-5,13,24H,6-10H2,1-2H3. The van der Waals surface area contributed by atoms with E-state index < -0.39 is 5.82 Å². The van der Waals surface area contributed by atoms with E-state index in [0.29, 0.717) is 41.8 Å². The van der Waals surface area contributed by atoms with Crippen LogP contribution < -0.4 is 10.1 Å². The van der Waals surface area contributed by atoms with Crippen LogP contribution in [0, 0.1) is 25.6 Å². The lowest BCUT2D eigenvalue weighted by atomic mass is 10.1. The molecule has 1 aromatic carbocycles. The van der Waals surface area contributed by atoms with Gasteiger partial charge in [0.15, 0.2) is 5.65 Å². The zero-order valence-corrected chi connectivity index (χ0v) is 17.5. The van der Waals surface area contributed by atoms with Gasteiger partial charge in [0.25, 0.3) is 5.91 Å². The van der Waals surface area contributed by atoms with Gasteiger partial charge in [0.2, 0.25) is 0 Å². The highest BCUT2D eigenvalue weighted by molar-refractivity contribution is 6.31. The van der Waals surface area contributed by atoms with Gasteiger partial charge < -0.3 is 15.0 Å². The topological polar surface area (TPSA) is 71.8 Å². The highest BCUT2D eigenvalue weighted by Crippen LogP contribution is 2.31. The zero-order valence-electron chi connectivity index (χ0n) is 16.7. The number of carbonyl (C=O) groups excluding carboxylic acids is 1. The Bertz CT molecular complexity index is 1170. The average Bonchev–Trinajstić information content (AvgIpc) is 3.24. The van der Waals surface area contributed by atoms with E-state index in [4.69, 9.17) is 16.3 Å². The summed E-state index contributed by atoms with van der Waals surface area (Å²) in [5, 5.41) is 8.37. The van der Waals surface area contributed by atoms with Crippen molar-refractivity contribution in [3.05, 3.63) is 57.2 Å². The molecule has 2 aliphatic heterocycles. The lowest BCUT2D eigenvalue weighted by Gasteiger charge is -2.27. The Labute approximate surface area is 177 Å². The molecule has 0 atom stereocenters. The molecule has 0 radical (unpaired) electrons. The van der Waals surface area contributed by atoms with E-state index in [1.165, 1.54) is 18.2 Å². The van der Waals surface area contributed by atoms with Crippen molar-refractivity contribution < 1.29 is 13.9 Å². The maximum atomic E-state index is 13.8. The van der Waals surface area contributed by atoms with E-state index in [1.54, 1.807) is 9.42 Å². The molecule has 4 heterocycles. The van der Waals surface area contributed by atoms with Gasteiger partial charge in [-0.2, -0.15) is 5.10 Å². The van der Waals surface area contributed by atoms with Crippen LogP contribution in [-0.4, -0.2) is 45.1 Å². The second-order valence-corrected chi connectivity index (χ2v) is 8.27. The second kappa shape index (κ2) is 7.21. The molecule has 3 aromatic rings. The number of hydrogen-bond acceptors (Lipinski definition) is 5. The predicted octanol–water partition coefficient (Wildman–Crippen LogP) is 2.89. The van der Waals surface area contributed by atoms with Gasteiger partial charge in [-0.25, -0.2) is 13.9 Å². The first kappa shape index (κ1) is 19.3. The SMILES string of the molecule is Cc1nc2c3c(nn2c(C)c1Cl)CN(C(=O)c1ccc(F)cc1OCC1CNC1)C3. The molecule has 1 fully saturated rings. The monoisotopic (exact) mass is 429 g/mol. The van der Waals surface area contributed by atoms with Crippen molar-refractivity contribution in [3.8, 4) is 5.75 Å². The lowest BCUT2D eigenvalue weighted by molar-refractivity contribution is 0.0743. The van der Waals surface area contributed by atoms with Crippen molar-refractivity contribution in [2.75, 3.05) is 19.7 Å². The summed E-state index contributed by atoms with van der Waals surface area (Å²) in [5.41, 5.74) is 4.34.